The van der Waals surface area contributed by atoms with E-state index in [1.54, 1.807) is 19.2 Å². The summed E-state index contributed by atoms with van der Waals surface area (Å²) >= 11 is 0. The van der Waals surface area contributed by atoms with Gasteiger partial charge < -0.3 is 5.11 Å². The van der Waals surface area contributed by atoms with Gasteiger partial charge in [0.25, 0.3) is 0 Å². The van der Waals surface area contributed by atoms with E-state index in [4.69, 9.17) is 5.11 Å². The number of benzene rings is 1. The van der Waals surface area contributed by atoms with Crippen molar-refractivity contribution in [1.82, 2.24) is 4.31 Å². The van der Waals surface area contributed by atoms with Gasteiger partial charge >= 0.3 is 0 Å². The fraction of sp³-hybridized carbons (Fsp3) is 0.385. The summed E-state index contributed by atoms with van der Waals surface area (Å²) in [4.78, 5) is 0.244. The molecule has 0 aromatic heterocycles. The highest BCUT2D eigenvalue weighted by atomic mass is 32.2. The van der Waals surface area contributed by atoms with Gasteiger partial charge in [0.15, 0.2) is 0 Å². The third kappa shape index (κ3) is 3.33. The molecule has 0 fully saturated rings. The van der Waals surface area contributed by atoms with Crippen LogP contribution < -0.4 is 0 Å². The summed E-state index contributed by atoms with van der Waals surface area (Å²) in [6.45, 7) is 3.42. The zero-order valence-electron chi connectivity index (χ0n) is 10.7. The molecule has 0 radical (unpaired) electrons. The third-order valence-electron chi connectivity index (χ3n) is 2.57. The molecular weight excluding hydrogens is 250 g/mol. The average molecular weight is 267 g/mol. The number of rotatable bonds is 3. The van der Waals surface area contributed by atoms with Crippen molar-refractivity contribution in [2.45, 2.75) is 24.8 Å². The summed E-state index contributed by atoms with van der Waals surface area (Å²) in [7, 11) is -1.88. The van der Waals surface area contributed by atoms with Crippen molar-refractivity contribution in [3.63, 3.8) is 0 Å². The van der Waals surface area contributed by atoms with Crippen molar-refractivity contribution >= 4 is 10.0 Å². The molecule has 0 spiro atoms. The predicted molar refractivity (Wildman–Crippen MR) is 70.5 cm³/mol. The Bertz CT molecular complexity index is 550. The molecule has 98 valence electrons. The van der Waals surface area contributed by atoms with Crippen LogP contribution in [0.5, 0.6) is 0 Å². The maximum atomic E-state index is 12.1. The Morgan fingerprint density at radius 3 is 2.28 bits per heavy atom. The highest BCUT2D eigenvalue weighted by Gasteiger charge is 2.22. The van der Waals surface area contributed by atoms with E-state index in [1.807, 2.05) is 13.8 Å². The standard InChI is InChI=1S/C13H17NO3S/c1-11(2)14(3)18(16,17)13-8-6-12(7-9-13)5-4-10-15/h6-9,11,15H,10H2,1-3H3. The fourth-order valence-corrected chi connectivity index (χ4v) is 2.66. The fourth-order valence-electron chi connectivity index (χ4n) is 1.30. The van der Waals surface area contributed by atoms with E-state index in [9.17, 15) is 8.42 Å². The molecule has 1 N–H and O–H groups in total. The van der Waals surface area contributed by atoms with Crippen LogP contribution in [0.15, 0.2) is 29.2 Å². The molecule has 0 saturated heterocycles. The lowest BCUT2D eigenvalue weighted by Gasteiger charge is -2.20. The quantitative estimate of drug-likeness (QED) is 0.833. The van der Waals surface area contributed by atoms with Crippen LogP contribution >= 0.6 is 0 Å². The Labute approximate surface area is 108 Å². The van der Waals surface area contributed by atoms with E-state index < -0.39 is 10.0 Å². The monoisotopic (exact) mass is 267 g/mol. The van der Waals surface area contributed by atoms with Gasteiger partial charge in [0.05, 0.1) is 4.90 Å². The Balaban J connectivity index is 3.05. The van der Waals surface area contributed by atoms with Gasteiger partial charge in [-0.1, -0.05) is 11.8 Å². The molecule has 1 aromatic carbocycles. The van der Waals surface area contributed by atoms with Crippen LogP contribution in [0.25, 0.3) is 0 Å². The molecule has 1 aromatic rings. The van der Waals surface area contributed by atoms with E-state index in [-0.39, 0.29) is 17.5 Å². The Morgan fingerprint density at radius 2 is 1.83 bits per heavy atom. The van der Waals surface area contributed by atoms with E-state index in [0.717, 1.165) is 0 Å². The number of aliphatic hydroxyl groups is 1. The van der Waals surface area contributed by atoms with Gasteiger partial charge in [0.2, 0.25) is 10.0 Å². The smallest absolute Gasteiger partial charge is 0.243 e. The van der Waals surface area contributed by atoms with Gasteiger partial charge in [-0.3, -0.25) is 0 Å². The van der Waals surface area contributed by atoms with Gasteiger partial charge in [0.1, 0.15) is 6.61 Å². The normalized spacial score (nSPS) is 11.4. The van der Waals surface area contributed by atoms with E-state index in [1.165, 1.54) is 16.4 Å². The Kier molecular flexibility index (Phi) is 4.91. The highest BCUT2D eigenvalue weighted by molar-refractivity contribution is 7.89. The van der Waals surface area contributed by atoms with E-state index in [2.05, 4.69) is 11.8 Å². The van der Waals surface area contributed by atoms with Crippen molar-refractivity contribution in [2.24, 2.45) is 0 Å². The maximum absolute atomic E-state index is 12.1. The van der Waals surface area contributed by atoms with Crippen molar-refractivity contribution < 1.29 is 13.5 Å². The lowest BCUT2D eigenvalue weighted by molar-refractivity contribution is 0.350. The summed E-state index contributed by atoms with van der Waals surface area (Å²) in [6, 6.07) is 6.21. The van der Waals surface area contributed by atoms with Crippen LogP contribution in [0.3, 0.4) is 0 Å². The summed E-state index contributed by atoms with van der Waals surface area (Å²) in [5, 5.41) is 8.57. The minimum absolute atomic E-state index is 0.0937. The van der Waals surface area contributed by atoms with Crippen molar-refractivity contribution in [2.75, 3.05) is 13.7 Å². The van der Waals surface area contributed by atoms with Gasteiger partial charge in [-0.15, -0.1) is 0 Å². The molecule has 0 unspecified atom stereocenters. The summed E-state index contributed by atoms with van der Waals surface area (Å²) in [5.74, 6) is 5.23. The van der Waals surface area contributed by atoms with Gasteiger partial charge in [-0.25, -0.2) is 8.42 Å². The molecule has 0 aliphatic carbocycles. The molecule has 0 atom stereocenters. The molecule has 1 rings (SSSR count). The highest BCUT2D eigenvalue weighted by Crippen LogP contribution is 2.16. The summed E-state index contributed by atoms with van der Waals surface area (Å²) in [6.07, 6.45) is 0. The summed E-state index contributed by atoms with van der Waals surface area (Å²) < 4.78 is 25.6. The first kappa shape index (κ1) is 14.7. The minimum atomic E-state index is -3.44. The second-order valence-corrected chi connectivity index (χ2v) is 6.10. The second-order valence-electron chi connectivity index (χ2n) is 4.10. The van der Waals surface area contributed by atoms with Crippen LogP contribution in [-0.2, 0) is 10.0 Å². The van der Waals surface area contributed by atoms with Crippen LogP contribution in [0.2, 0.25) is 0 Å². The topological polar surface area (TPSA) is 57.6 Å². The molecule has 18 heavy (non-hydrogen) atoms. The molecule has 0 saturated carbocycles. The number of nitrogens with zero attached hydrogens (tertiary/aromatic N) is 1. The zero-order valence-corrected chi connectivity index (χ0v) is 11.5. The molecule has 4 nitrogen and oxygen atoms in total. The first-order valence-electron chi connectivity index (χ1n) is 5.57. The Morgan fingerprint density at radius 1 is 1.28 bits per heavy atom. The second kappa shape index (κ2) is 6.01. The van der Waals surface area contributed by atoms with E-state index in [0.29, 0.717) is 5.56 Å². The molecule has 0 bridgehead atoms. The van der Waals surface area contributed by atoms with Gasteiger partial charge in [-0.2, -0.15) is 4.31 Å². The maximum Gasteiger partial charge on any atom is 0.243 e. The molecule has 5 heteroatoms. The number of hydrogen-bond donors (Lipinski definition) is 1. The van der Waals surface area contributed by atoms with Crippen LogP contribution in [0.4, 0.5) is 0 Å². The van der Waals surface area contributed by atoms with Crippen LogP contribution in [0.1, 0.15) is 19.4 Å². The minimum Gasteiger partial charge on any atom is -0.384 e. The molecule has 0 amide bonds. The van der Waals surface area contributed by atoms with E-state index >= 15 is 0 Å². The first-order valence-corrected chi connectivity index (χ1v) is 7.01. The average Bonchev–Trinajstić information content (AvgIpc) is 2.35. The molecule has 0 heterocycles. The van der Waals surface area contributed by atoms with Gasteiger partial charge in [0, 0.05) is 18.7 Å². The van der Waals surface area contributed by atoms with Crippen molar-refractivity contribution in [3.8, 4) is 11.8 Å². The lowest BCUT2D eigenvalue weighted by atomic mass is 10.2. The first-order chi connectivity index (χ1) is 8.39. The zero-order chi connectivity index (χ0) is 13.8. The number of aliphatic hydroxyl groups excluding tert-OH is 1. The van der Waals surface area contributed by atoms with Gasteiger partial charge in [-0.05, 0) is 38.1 Å². The Hall–Kier alpha value is -1.35. The van der Waals surface area contributed by atoms with Crippen LogP contribution in [-0.4, -0.2) is 37.5 Å². The molecule has 0 aliphatic heterocycles. The largest absolute Gasteiger partial charge is 0.384 e. The van der Waals surface area contributed by atoms with Crippen molar-refractivity contribution in [3.05, 3.63) is 29.8 Å². The van der Waals surface area contributed by atoms with Crippen molar-refractivity contribution in [1.29, 1.82) is 0 Å². The predicted octanol–water partition coefficient (Wildman–Crippen LogP) is 1.06. The third-order valence-corrected chi connectivity index (χ3v) is 4.62. The number of sulfonamides is 1. The van der Waals surface area contributed by atoms with Crippen LogP contribution in [0, 0.1) is 11.8 Å². The summed E-state index contributed by atoms with van der Waals surface area (Å²) in [5.41, 5.74) is 0.676. The molecule has 0 aliphatic rings. The lowest BCUT2D eigenvalue weighted by Crippen LogP contribution is -2.33. The SMILES string of the molecule is CC(C)N(C)S(=O)(=O)c1ccc(C#CCO)cc1. The molecular formula is C13H17NO3S. The number of hydrogen-bond acceptors (Lipinski definition) is 3.